The molecule has 3 aromatic rings. The fourth-order valence-corrected chi connectivity index (χ4v) is 3.45. The lowest BCUT2D eigenvalue weighted by Gasteiger charge is -2.18. The second-order valence-electron chi connectivity index (χ2n) is 7.44. The lowest BCUT2D eigenvalue weighted by molar-refractivity contribution is -0.115. The third-order valence-corrected chi connectivity index (χ3v) is 5.00. The first-order valence-corrected chi connectivity index (χ1v) is 9.66. The fourth-order valence-electron chi connectivity index (χ4n) is 3.45. The maximum atomic E-state index is 13.4. The Labute approximate surface area is 172 Å². The third kappa shape index (κ3) is 5.00. The van der Waals surface area contributed by atoms with Crippen LogP contribution in [-0.4, -0.2) is 34.7 Å². The summed E-state index contributed by atoms with van der Waals surface area (Å²) < 4.78 is 41.4. The third-order valence-electron chi connectivity index (χ3n) is 5.00. The van der Waals surface area contributed by atoms with Crippen LogP contribution in [0, 0.1) is 5.82 Å². The summed E-state index contributed by atoms with van der Waals surface area (Å²) in [4.78, 5) is 14.0. The van der Waals surface area contributed by atoms with E-state index in [1.54, 1.807) is 58.2 Å². The average molecular weight is 414 g/mol. The number of hydrogen-bond acceptors (Lipinski definition) is 3. The molecular formula is C22H21F3N4O. The molecule has 8 heteroatoms. The Bertz CT molecular complexity index is 1020. The number of halogens is 3. The van der Waals surface area contributed by atoms with Crippen molar-refractivity contribution in [2.75, 3.05) is 23.3 Å². The zero-order valence-electron chi connectivity index (χ0n) is 16.2. The maximum Gasteiger partial charge on any atom is 0.266 e. The van der Waals surface area contributed by atoms with Gasteiger partial charge in [0.2, 0.25) is 5.91 Å². The van der Waals surface area contributed by atoms with Crippen LogP contribution in [0.15, 0.2) is 60.8 Å². The van der Waals surface area contributed by atoms with Crippen LogP contribution in [0.1, 0.15) is 17.5 Å². The number of alkyl halides is 2. The van der Waals surface area contributed by atoms with E-state index in [4.69, 9.17) is 0 Å². The van der Waals surface area contributed by atoms with E-state index < -0.39 is 5.92 Å². The van der Waals surface area contributed by atoms with Gasteiger partial charge in [-0.05, 0) is 35.4 Å². The van der Waals surface area contributed by atoms with E-state index in [2.05, 4.69) is 10.4 Å². The van der Waals surface area contributed by atoms with Gasteiger partial charge in [-0.15, -0.1) is 0 Å². The van der Waals surface area contributed by atoms with E-state index in [0.717, 1.165) is 16.8 Å². The van der Waals surface area contributed by atoms with Crippen molar-refractivity contribution in [2.24, 2.45) is 0 Å². The van der Waals surface area contributed by atoms with Gasteiger partial charge in [0, 0.05) is 30.9 Å². The van der Waals surface area contributed by atoms with Crippen LogP contribution < -0.4 is 10.2 Å². The number of nitrogens with one attached hydrogen (secondary N) is 1. The summed E-state index contributed by atoms with van der Waals surface area (Å²) >= 11 is 0. The van der Waals surface area contributed by atoms with Crippen LogP contribution in [0.4, 0.5) is 24.7 Å². The van der Waals surface area contributed by atoms with Gasteiger partial charge in [-0.2, -0.15) is 5.10 Å². The molecule has 0 atom stereocenters. The highest BCUT2D eigenvalue weighted by Gasteiger charge is 2.38. The molecule has 0 spiro atoms. The van der Waals surface area contributed by atoms with Crippen molar-refractivity contribution in [3.63, 3.8) is 0 Å². The SMILES string of the molecule is O=C(Cc1ccc(N2CCC(F)(F)C2)cc1)Nc1ccn(Cc2ccc(F)cc2)n1. The van der Waals surface area contributed by atoms with Crippen molar-refractivity contribution < 1.29 is 18.0 Å². The van der Waals surface area contributed by atoms with Crippen LogP contribution in [0.25, 0.3) is 0 Å². The minimum Gasteiger partial charge on any atom is -0.365 e. The zero-order valence-corrected chi connectivity index (χ0v) is 16.2. The van der Waals surface area contributed by atoms with E-state index >= 15 is 0 Å². The van der Waals surface area contributed by atoms with Crippen LogP contribution in [0.5, 0.6) is 0 Å². The van der Waals surface area contributed by atoms with Gasteiger partial charge in [0.1, 0.15) is 5.82 Å². The molecule has 4 rings (SSSR count). The van der Waals surface area contributed by atoms with E-state index in [1.807, 2.05) is 0 Å². The summed E-state index contributed by atoms with van der Waals surface area (Å²) in [5.74, 6) is -2.72. The largest absolute Gasteiger partial charge is 0.365 e. The van der Waals surface area contributed by atoms with E-state index in [9.17, 15) is 18.0 Å². The van der Waals surface area contributed by atoms with Gasteiger partial charge in [0.15, 0.2) is 5.82 Å². The van der Waals surface area contributed by atoms with Gasteiger partial charge in [0.25, 0.3) is 5.92 Å². The molecule has 0 unspecified atom stereocenters. The molecule has 0 radical (unpaired) electrons. The predicted octanol–water partition coefficient (Wildman–Crippen LogP) is 4.10. The summed E-state index contributed by atoms with van der Waals surface area (Å²) in [5, 5.41) is 7.05. The van der Waals surface area contributed by atoms with Crippen LogP contribution in [0.2, 0.25) is 0 Å². The molecule has 30 heavy (non-hydrogen) atoms. The molecule has 1 N–H and O–H groups in total. The highest BCUT2D eigenvalue weighted by atomic mass is 19.3. The monoisotopic (exact) mass is 414 g/mol. The lowest BCUT2D eigenvalue weighted by atomic mass is 10.1. The molecule has 1 aliphatic rings. The second kappa shape index (κ2) is 8.22. The topological polar surface area (TPSA) is 50.2 Å². The molecule has 1 saturated heterocycles. The molecule has 0 bridgehead atoms. The first-order valence-electron chi connectivity index (χ1n) is 9.66. The molecule has 2 aromatic carbocycles. The average Bonchev–Trinajstić information content (AvgIpc) is 3.30. The molecule has 1 fully saturated rings. The number of amides is 1. The number of carbonyl (C=O) groups is 1. The smallest absolute Gasteiger partial charge is 0.266 e. The Morgan fingerprint density at radius 2 is 1.73 bits per heavy atom. The molecule has 0 aliphatic carbocycles. The van der Waals surface area contributed by atoms with E-state index in [0.29, 0.717) is 18.9 Å². The fraction of sp³-hybridized carbons (Fsp3) is 0.273. The van der Waals surface area contributed by atoms with Gasteiger partial charge in [0.05, 0.1) is 19.5 Å². The summed E-state index contributed by atoms with van der Waals surface area (Å²) in [6, 6.07) is 14.9. The van der Waals surface area contributed by atoms with Crippen LogP contribution in [0.3, 0.4) is 0 Å². The van der Waals surface area contributed by atoms with Crippen molar-refractivity contribution in [1.29, 1.82) is 0 Å². The Morgan fingerprint density at radius 3 is 2.40 bits per heavy atom. The number of anilines is 2. The first kappa shape index (κ1) is 20.0. The van der Waals surface area contributed by atoms with Gasteiger partial charge in [-0.3, -0.25) is 9.48 Å². The van der Waals surface area contributed by atoms with Crippen molar-refractivity contribution in [3.8, 4) is 0 Å². The Morgan fingerprint density at radius 1 is 1.03 bits per heavy atom. The van der Waals surface area contributed by atoms with Crippen molar-refractivity contribution in [2.45, 2.75) is 25.3 Å². The Hall–Kier alpha value is -3.29. The number of aromatic nitrogens is 2. The van der Waals surface area contributed by atoms with Crippen molar-refractivity contribution in [1.82, 2.24) is 9.78 Å². The Balaban J connectivity index is 1.30. The molecular weight excluding hydrogens is 393 g/mol. The molecule has 1 aliphatic heterocycles. The first-order chi connectivity index (χ1) is 14.4. The highest BCUT2D eigenvalue weighted by Crippen LogP contribution is 2.30. The molecule has 1 aromatic heterocycles. The van der Waals surface area contributed by atoms with Crippen LogP contribution in [-0.2, 0) is 17.8 Å². The minimum atomic E-state index is -2.64. The summed E-state index contributed by atoms with van der Waals surface area (Å²) in [7, 11) is 0. The number of rotatable bonds is 6. The molecule has 0 saturated carbocycles. The quantitative estimate of drug-likeness (QED) is 0.661. The summed E-state index contributed by atoms with van der Waals surface area (Å²) in [6.07, 6.45) is 1.76. The number of nitrogens with zero attached hydrogens (tertiary/aromatic N) is 3. The molecule has 1 amide bonds. The number of benzene rings is 2. The number of hydrogen-bond donors (Lipinski definition) is 1. The van der Waals surface area contributed by atoms with Gasteiger partial charge >= 0.3 is 0 Å². The Kier molecular flexibility index (Phi) is 5.48. The second-order valence-corrected chi connectivity index (χ2v) is 7.44. The summed E-state index contributed by atoms with van der Waals surface area (Å²) in [5.41, 5.74) is 2.41. The van der Waals surface area contributed by atoms with E-state index in [-0.39, 0.29) is 31.1 Å². The van der Waals surface area contributed by atoms with Crippen molar-refractivity contribution >= 4 is 17.4 Å². The normalized spacial score (nSPS) is 15.4. The van der Waals surface area contributed by atoms with Crippen LogP contribution >= 0.6 is 0 Å². The predicted molar refractivity (Wildman–Crippen MR) is 108 cm³/mol. The van der Waals surface area contributed by atoms with Crippen molar-refractivity contribution in [3.05, 3.63) is 77.7 Å². The maximum absolute atomic E-state index is 13.4. The van der Waals surface area contributed by atoms with Gasteiger partial charge in [-0.1, -0.05) is 24.3 Å². The number of carbonyl (C=O) groups excluding carboxylic acids is 1. The zero-order chi connectivity index (χ0) is 21.1. The molecule has 156 valence electrons. The summed E-state index contributed by atoms with van der Waals surface area (Å²) in [6.45, 7) is 0.522. The molecule has 5 nitrogen and oxygen atoms in total. The molecule has 2 heterocycles. The van der Waals surface area contributed by atoms with Gasteiger partial charge in [-0.25, -0.2) is 13.2 Å². The minimum absolute atomic E-state index is 0.134. The van der Waals surface area contributed by atoms with Gasteiger partial charge < -0.3 is 10.2 Å². The highest BCUT2D eigenvalue weighted by molar-refractivity contribution is 5.91. The lowest BCUT2D eigenvalue weighted by Crippen LogP contribution is -2.24. The standard InChI is InChI=1S/C22H21F3N4O/c23-18-5-1-17(2-6-18)14-29-11-9-20(27-29)26-21(30)13-16-3-7-19(8-4-16)28-12-10-22(24,25)15-28/h1-9,11H,10,12-15H2,(H,26,27,30). The van der Waals surface area contributed by atoms with E-state index in [1.165, 1.54) is 12.1 Å².